The normalized spacial score (nSPS) is 16.8. The van der Waals surface area contributed by atoms with Gasteiger partial charge in [0.2, 0.25) is 5.36 Å². The molecule has 0 aliphatic carbocycles. The highest BCUT2D eigenvalue weighted by atomic mass is 19.2. The van der Waals surface area contributed by atoms with Crippen LogP contribution >= 0.6 is 0 Å². The van der Waals surface area contributed by atoms with Gasteiger partial charge in [-0.1, -0.05) is 6.08 Å². The summed E-state index contributed by atoms with van der Waals surface area (Å²) in [7, 11) is 4.95. The maximum atomic E-state index is 17.3. The number of nitrogens with zero attached hydrogens (tertiary/aromatic N) is 4. The van der Waals surface area contributed by atoms with Crippen molar-refractivity contribution < 1.29 is 37.3 Å². The van der Waals surface area contributed by atoms with E-state index in [1.807, 2.05) is 77.3 Å². The summed E-state index contributed by atoms with van der Waals surface area (Å²) < 4.78 is 68.0. The average molecular weight is 697 g/mol. The van der Waals surface area contributed by atoms with Crippen LogP contribution in [0.15, 0.2) is 36.4 Å². The minimum Gasteiger partial charge on any atom is -0.545 e. The fourth-order valence-electron chi connectivity index (χ4n) is 7.26. The van der Waals surface area contributed by atoms with Crippen LogP contribution in [0.25, 0.3) is 16.7 Å². The largest absolute Gasteiger partial charge is 0.545 e. The first kappa shape index (κ1) is 35.4. The minimum atomic E-state index is -3.07. The number of ether oxygens (including phenoxy) is 3. The molecule has 51 heavy (non-hydrogen) atoms. The molecule has 0 bridgehead atoms. The molecule has 6 rings (SSSR count). The second-order valence-corrected chi connectivity index (χ2v) is 14.1. The Morgan fingerprint density at radius 3 is 2.22 bits per heavy atom. The van der Waals surface area contributed by atoms with Gasteiger partial charge in [-0.05, 0) is 57.0 Å². The molecule has 3 aliphatic heterocycles. The van der Waals surface area contributed by atoms with Crippen LogP contribution in [-0.2, 0) is 15.1 Å². The molecule has 0 atom stereocenters. The summed E-state index contributed by atoms with van der Waals surface area (Å²) >= 11 is 0. The molecule has 262 valence electrons. The lowest BCUT2D eigenvalue weighted by molar-refractivity contribution is -0.255. The zero-order valence-corrected chi connectivity index (χ0v) is 29.6. The van der Waals surface area contributed by atoms with E-state index in [-0.39, 0.29) is 27.9 Å². The number of likely N-dealkylation sites (N-methyl/N-ethyl adjacent to an activating group) is 2. The number of benzene rings is 3. The van der Waals surface area contributed by atoms with E-state index in [2.05, 4.69) is 0 Å². The second kappa shape index (κ2) is 11.8. The summed E-state index contributed by atoms with van der Waals surface area (Å²) in [6.45, 7) is 11.1. The number of aromatic carboxylic acids is 1. The zero-order valence-electron chi connectivity index (χ0n) is 29.6. The van der Waals surface area contributed by atoms with Crippen LogP contribution in [0.2, 0.25) is 0 Å². The van der Waals surface area contributed by atoms with Gasteiger partial charge in [-0.15, -0.1) is 0 Å². The van der Waals surface area contributed by atoms with Crippen LogP contribution in [0.3, 0.4) is 0 Å². The van der Waals surface area contributed by atoms with Crippen molar-refractivity contribution in [2.24, 2.45) is 0 Å². The van der Waals surface area contributed by atoms with E-state index >= 15 is 13.2 Å². The Morgan fingerprint density at radius 1 is 0.961 bits per heavy atom. The number of hydrogen-bond acceptors (Lipinski definition) is 8. The standard InChI is InChI=1S/C39H35F3N4O5/c1-19-14-37(3,4)45(7)25-12-27-23(10-21(19)25)29(24-11-22-20(2)15-38(5,6)46(8)26(22)13-28(24)51-27)30-31(36(47)48)34(41)35(42)32(33(30)40)39(16-43,17-44)50-18-49-9/h10-15H,18H2,1-9H3. The SMILES string of the molecule is COCOC(C#N)(C#N)c1c(F)c(F)c(C(=O)[O-])c(C2=c3cc4c(cc3Oc3cc5c(cc32)C(C)=CC(C)(C)N5C)=[N+](C)C(C)(C)C=C4C)c1F. The number of anilines is 1. The number of methoxy groups -OCH3 is 1. The van der Waals surface area contributed by atoms with Crippen molar-refractivity contribution in [1.29, 1.82) is 10.5 Å². The molecule has 0 unspecified atom stereocenters. The number of hydrogen-bond donors (Lipinski definition) is 0. The number of allylic oxidation sites excluding steroid dienone is 2. The maximum Gasteiger partial charge on any atom is 0.275 e. The highest BCUT2D eigenvalue weighted by Gasteiger charge is 2.45. The molecule has 0 saturated carbocycles. The lowest BCUT2D eigenvalue weighted by Gasteiger charge is -2.41. The molecule has 0 amide bonds. The van der Waals surface area contributed by atoms with Gasteiger partial charge in [0.1, 0.15) is 43.3 Å². The number of halogens is 3. The summed E-state index contributed by atoms with van der Waals surface area (Å²) in [6, 6.07) is 9.69. The topological polar surface area (TPSA) is 122 Å². The smallest absolute Gasteiger partial charge is 0.275 e. The first-order chi connectivity index (χ1) is 23.9. The number of fused-ring (bicyclic) bond motifs is 4. The van der Waals surface area contributed by atoms with Gasteiger partial charge >= 0.3 is 0 Å². The van der Waals surface area contributed by atoms with Crippen LogP contribution in [0.5, 0.6) is 11.5 Å². The number of nitriles is 2. The van der Waals surface area contributed by atoms with E-state index in [1.165, 1.54) is 12.1 Å². The number of carbonyl (C=O) groups is 1. The van der Waals surface area contributed by atoms with Crippen LogP contribution in [0, 0.1) is 40.1 Å². The molecule has 3 heterocycles. The average Bonchev–Trinajstić information content (AvgIpc) is 3.07. The third kappa shape index (κ3) is 5.12. The van der Waals surface area contributed by atoms with Crippen LogP contribution in [-0.4, -0.2) is 45.0 Å². The third-order valence-electron chi connectivity index (χ3n) is 10.2. The van der Waals surface area contributed by atoms with Gasteiger partial charge in [0.15, 0.2) is 17.2 Å². The summed E-state index contributed by atoms with van der Waals surface area (Å²) in [5.41, 5.74) is -3.89. The maximum absolute atomic E-state index is 17.3. The lowest BCUT2D eigenvalue weighted by Crippen LogP contribution is -2.47. The predicted molar refractivity (Wildman–Crippen MR) is 181 cm³/mol. The quantitative estimate of drug-likeness (QED) is 0.163. The molecular weight excluding hydrogens is 661 g/mol. The molecular formula is C39H35F3N4O5. The van der Waals surface area contributed by atoms with Crippen molar-refractivity contribution in [3.8, 4) is 23.6 Å². The van der Waals surface area contributed by atoms with Crippen LogP contribution in [0.4, 0.5) is 18.9 Å². The Hall–Kier alpha value is -5.43. The highest BCUT2D eigenvalue weighted by Crippen LogP contribution is 2.48. The fraction of sp³-hybridized carbons (Fsp3) is 0.333. The molecule has 0 fully saturated rings. The molecule has 0 spiro atoms. The van der Waals surface area contributed by atoms with Crippen molar-refractivity contribution in [3.05, 3.63) is 97.8 Å². The summed E-state index contributed by atoms with van der Waals surface area (Å²) in [5.74, 6) is -7.70. The van der Waals surface area contributed by atoms with Gasteiger partial charge in [-0.3, -0.25) is 0 Å². The van der Waals surface area contributed by atoms with Crippen LogP contribution in [0.1, 0.15) is 79.7 Å². The van der Waals surface area contributed by atoms with Crippen LogP contribution < -0.4 is 29.9 Å². The highest BCUT2D eigenvalue weighted by molar-refractivity contribution is 5.99. The zero-order chi connectivity index (χ0) is 37.5. The monoisotopic (exact) mass is 696 g/mol. The summed E-state index contributed by atoms with van der Waals surface area (Å²) in [6.07, 6.45) is 4.07. The van der Waals surface area contributed by atoms with Gasteiger partial charge < -0.3 is 29.0 Å². The van der Waals surface area contributed by atoms with Crippen molar-refractivity contribution in [3.63, 3.8) is 0 Å². The van der Waals surface area contributed by atoms with E-state index in [9.17, 15) is 20.4 Å². The molecule has 0 aromatic heterocycles. The first-order valence-electron chi connectivity index (χ1n) is 16.0. The molecule has 0 radical (unpaired) electrons. The predicted octanol–water partition coefficient (Wildman–Crippen LogP) is 4.63. The Labute approximate surface area is 293 Å². The molecule has 0 N–H and O–H groups in total. The Bertz CT molecular complexity index is 2370. The molecule has 0 saturated heterocycles. The van der Waals surface area contributed by atoms with Crippen molar-refractivity contribution in [1.82, 2.24) is 4.58 Å². The summed E-state index contributed by atoms with van der Waals surface area (Å²) in [5, 5.41) is 33.8. The summed E-state index contributed by atoms with van der Waals surface area (Å²) in [4.78, 5) is 14.8. The number of rotatable bonds is 6. The van der Waals surface area contributed by atoms with Crippen molar-refractivity contribution in [2.75, 3.05) is 32.9 Å². The van der Waals surface area contributed by atoms with Gasteiger partial charge in [0.25, 0.3) is 5.60 Å². The second-order valence-electron chi connectivity index (χ2n) is 14.1. The number of carboxylic acid groups (broad SMARTS) is 1. The van der Waals surface area contributed by atoms with Crippen molar-refractivity contribution in [2.45, 2.75) is 58.2 Å². The van der Waals surface area contributed by atoms with E-state index in [4.69, 9.17) is 14.2 Å². The molecule has 12 heteroatoms. The van der Waals surface area contributed by atoms with Gasteiger partial charge in [0, 0.05) is 78.4 Å². The van der Waals surface area contributed by atoms with E-state index in [0.29, 0.717) is 11.1 Å². The fourth-order valence-corrected chi connectivity index (χ4v) is 7.26. The lowest BCUT2D eigenvalue weighted by atomic mass is 9.81. The number of carbonyl (C=O) groups excluding carboxylic acids is 1. The van der Waals surface area contributed by atoms with Gasteiger partial charge in [-0.2, -0.15) is 10.5 Å². The minimum absolute atomic E-state index is 0.156. The number of carboxylic acids is 1. The molecule has 3 aliphatic rings. The van der Waals surface area contributed by atoms with Crippen molar-refractivity contribution >= 4 is 28.4 Å². The third-order valence-corrected chi connectivity index (χ3v) is 10.2. The Balaban J connectivity index is 1.87. The Kier molecular flexibility index (Phi) is 8.21. The van der Waals surface area contributed by atoms with E-state index < -0.39 is 63.6 Å². The van der Waals surface area contributed by atoms with Gasteiger partial charge in [0.05, 0.1) is 23.1 Å². The first-order valence-corrected chi connectivity index (χ1v) is 16.0. The van der Waals surface area contributed by atoms with E-state index in [0.717, 1.165) is 29.3 Å². The Morgan fingerprint density at radius 2 is 1.61 bits per heavy atom. The molecule has 3 aromatic rings. The van der Waals surface area contributed by atoms with Gasteiger partial charge in [-0.25, -0.2) is 17.7 Å². The van der Waals surface area contributed by atoms with E-state index in [1.54, 1.807) is 24.3 Å². The molecule has 3 aromatic carbocycles. The molecule has 9 nitrogen and oxygen atoms in total.